The van der Waals surface area contributed by atoms with Gasteiger partial charge in [0.25, 0.3) is 5.91 Å². The highest BCUT2D eigenvalue weighted by Gasteiger charge is 2.07. The molecule has 20 heavy (non-hydrogen) atoms. The summed E-state index contributed by atoms with van der Waals surface area (Å²) in [4.78, 5) is 15.8. The van der Waals surface area contributed by atoms with E-state index in [2.05, 4.69) is 22.1 Å². The maximum atomic E-state index is 11.7. The molecular weight excluding hydrogens is 272 g/mol. The van der Waals surface area contributed by atoms with Gasteiger partial charge < -0.3 is 10.1 Å². The molecule has 0 bridgehead atoms. The molecule has 1 amide bonds. The predicted octanol–water partition coefficient (Wildman–Crippen LogP) is 2.24. The lowest BCUT2D eigenvalue weighted by Crippen LogP contribution is -2.23. The molecule has 5 heteroatoms. The number of hydrogen-bond acceptors (Lipinski definition) is 4. The Kier molecular flexibility index (Phi) is 4.75. The van der Waals surface area contributed by atoms with Crippen molar-refractivity contribution in [1.82, 2.24) is 10.3 Å². The van der Waals surface area contributed by atoms with E-state index >= 15 is 0 Å². The van der Waals surface area contributed by atoms with Crippen LogP contribution in [0.1, 0.15) is 21.1 Å². The van der Waals surface area contributed by atoms with Gasteiger partial charge in [0.1, 0.15) is 11.4 Å². The van der Waals surface area contributed by atoms with Gasteiger partial charge in [-0.1, -0.05) is 24.0 Å². The van der Waals surface area contributed by atoms with Crippen molar-refractivity contribution in [3.63, 3.8) is 0 Å². The van der Waals surface area contributed by atoms with Crippen molar-refractivity contribution in [2.24, 2.45) is 0 Å². The molecular formula is C15H14N2O2S. The van der Waals surface area contributed by atoms with Crippen LogP contribution in [0.15, 0.2) is 29.6 Å². The fraction of sp³-hybridized carbons (Fsp3) is 0.200. The minimum absolute atomic E-state index is 0.205. The molecule has 1 aromatic heterocycles. The summed E-state index contributed by atoms with van der Waals surface area (Å²) >= 11 is 1.45. The van der Waals surface area contributed by atoms with E-state index in [1.165, 1.54) is 11.3 Å². The second-order valence-electron chi connectivity index (χ2n) is 3.94. The molecule has 0 unspecified atom stereocenters. The third-order valence-corrected chi connectivity index (χ3v) is 3.29. The van der Waals surface area contributed by atoms with Crippen LogP contribution in [0.4, 0.5) is 0 Å². The topological polar surface area (TPSA) is 51.2 Å². The molecule has 4 nitrogen and oxygen atoms in total. The van der Waals surface area contributed by atoms with E-state index in [-0.39, 0.29) is 12.5 Å². The normalized spacial score (nSPS) is 9.50. The fourth-order valence-electron chi connectivity index (χ4n) is 1.57. The first kappa shape index (κ1) is 14.1. The number of hydrogen-bond donors (Lipinski definition) is 1. The molecule has 0 saturated carbocycles. The summed E-state index contributed by atoms with van der Waals surface area (Å²) in [5.74, 6) is 6.38. The molecule has 0 aliphatic carbocycles. The summed E-state index contributed by atoms with van der Waals surface area (Å²) < 4.78 is 5.20. The number of carbonyl (C=O) groups excluding carboxylic acids is 1. The van der Waals surface area contributed by atoms with E-state index in [9.17, 15) is 4.79 Å². The third-order valence-electron chi connectivity index (χ3n) is 2.52. The van der Waals surface area contributed by atoms with Gasteiger partial charge in [0.2, 0.25) is 0 Å². The Morgan fingerprint density at radius 3 is 2.95 bits per heavy atom. The zero-order chi connectivity index (χ0) is 14.4. The molecule has 2 rings (SSSR count). The molecule has 1 aromatic carbocycles. The Hall–Kier alpha value is -2.32. The van der Waals surface area contributed by atoms with Crippen LogP contribution in [-0.2, 0) is 0 Å². The zero-order valence-corrected chi connectivity index (χ0v) is 12.1. The van der Waals surface area contributed by atoms with Crippen LogP contribution in [0.25, 0.3) is 0 Å². The summed E-state index contributed by atoms with van der Waals surface area (Å²) in [5, 5.41) is 5.32. The minimum Gasteiger partial charge on any atom is -0.495 e. The molecule has 0 aliphatic heterocycles. The van der Waals surface area contributed by atoms with E-state index in [0.717, 1.165) is 16.3 Å². The Bertz CT molecular complexity index is 668. The van der Waals surface area contributed by atoms with Crippen molar-refractivity contribution >= 4 is 17.2 Å². The number of rotatable bonds is 3. The Morgan fingerprint density at radius 1 is 1.45 bits per heavy atom. The van der Waals surface area contributed by atoms with Gasteiger partial charge in [-0.15, -0.1) is 11.3 Å². The molecule has 0 spiro atoms. The summed E-state index contributed by atoms with van der Waals surface area (Å²) in [6, 6.07) is 7.50. The average molecular weight is 286 g/mol. The van der Waals surface area contributed by atoms with Crippen molar-refractivity contribution in [2.75, 3.05) is 13.7 Å². The molecule has 0 radical (unpaired) electrons. The number of nitrogens with zero attached hydrogens (tertiary/aromatic N) is 1. The van der Waals surface area contributed by atoms with Gasteiger partial charge >= 0.3 is 0 Å². The van der Waals surface area contributed by atoms with Crippen LogP contribution in [0.3, 0.4) is 0 Å². The molecule has 0 saturated heterocycles. The largest absolute Gasteiger partial charge is 0.495 e. The summed E-state index contributed by atoms with van der Waals surface area (Å²) in [5.41, 5.74) is 1.24. The Morgan fingerprint density at radius 2 is 2.25 bits per heavy atom. The van der Waals surface area contributed by atoms with Crippen LogP contribution in [0.2, 0.25) is 0 Å². The Labute approximate surface area is 121 Å². The molecule has 0 atom stereocenters. The number of methoxy groups -OCH3 is 1. The van der Waals surface area contributed by atoms with Crippen molar-refractivity contribution in [1.29, 1.82) is 0 Å². The summed E-state index contributed by atoms with van der Waals surface area (Å²) in [7, 11) is 1.60. The highest BCUT2D eigenvalue weighted by Crippen LogP contribution is 2.15. The number of ether oxygens (including phenoxy) is 1. The van der Waals surface area contributed by atoms with Gasteiger partial charge in [0.15, 0.2) is 0 Å². The van der Waals surface area contributed by atoms with Crippen LogP contribution < -0.4 is 10.1 Å². The van der Waals surface area contributed by atoms with Crippen molar-refractivity contribution < 1.29 is 9.53 Å². The first-order valence-corrected chi connectivity index (χ1v) is 6.91. The fourth-order valence-corrected chi connectivity index (χ4v) is 2.16. The van der Waals surface area contributed by atoms with Crippen LogP contribution in [0.5, 0.6) is 5.75 Å². The third kappa shape index (κ3) is 3.59. The SMILES string of the molecule is COc1ccccc1C#CCNC(=O)c1csc(C)n1. The van der Waals surface area contributed by atoms with Gasteiger partial charge in [-0.2, -0.15) is 0 Å². The van der Waals surface area contributed by atoms with Gasteiger partial charge in [-0.3, -0.25) is 4.79 Å². The quantitative estimate of drug-likeness (QED) is 0.880. The zero-order valence-electron chi connectivity index (χ0n) is 11.3. The van der Waals surface area contributed by atoms with Crippen molar-refractivity contribution in [2.45, 2.75) is 6.92 Å². The lowest BCUT2D eigenvalue weighted by Gasteiger charge is -2.01. The number of carbonyl (C=O) groups is 1. The van der Waals surface area contributed by atoms with Gasteiger partial charge in [-0.25, -0.2) is 4.98 Å². The predicted molar refractivity (Wildman–Crippen MR) is 79.1 cm³/mol. The number of aromatic nitrogens is 1. The number of benzene rings is 1. The maximum Gasteiger partial charge on any atom is 0.271 e. The standard InChI is InChI=1S/C15H14N2O2S/c1-11-17-13(10-20-11)15(18)16-9-5-7-12-6-3-4-8-14(12)19-2/h3-4,6,8,10H,9H2,1-2H3,(H,16,18). The van der Waals surface area contributed by atoms with Gasteiger partial charge in [-0.05, 0) is 19.1 Å². The highest BCUT2D eigenvalue weighted by atomic mass is 32.1. The number of thiazole rings is 1. The van der Waals surface area contributed by atoms with Crippen LogP contribution in [0, 0.1) is 18.8 Å². The van der Waals surface area contributed by atoms with E-state index in [4.69, 9.17) is 4.74 Å². The monoisotopic (exact) mass is 286 g/mol. The van der Waals surface area contributed by atoms with Crippen LogP contribution in [-0.4, -0.2) is 24.5 Å². The van der Waals surface area contributed by atoms with E-state index in [1.807, 2.05) is 31.2 Å². The lowest BCUT2D eigenvalue weighted by atomic mass is 10.2. The maximum absolute atomic E-state index is 11.7. The lowest BCUT2D eigenvalue weighted by molar-refractivity contribution is 0.0954. The molecule has 102 valence electrons. The smallest absolute Gasteiger partial charge is 0.271 e. The molecule has 0 aliphatic rings. The number of nitrogens with one attached hydrogen (secondary N) is 1. The first-order valence-electron chi connectivity index (χ1n) is 6.03. The molecule has 1 heterocycles. The molecule has 1 N–H and O–H groups in total. The molecule has 0 fully saturated rings. The average Bonchev–Trinajstić information content (AvgIpc) is 2.90. The number of para-hydroxylation sites is 1. The Balaban J connectivity index is 1.93. The number of aryl methyl sites for hydroxylation is 1. The van der Waals surface area contributed by atoms with E-state index < -0.39 is 0 Å². The van der Waals surface area contributed by atoms with Gasteiger partial charge in [0.05, 0.1) is 24.2 Å². The van der Waals surface area contributed by atoms with Gasteiger partial charge in [0, 0.05) is 5.38 Å². The summed E-state index contributed by atoms with van der Waals surface area (Å²) in [6.45, 7) is 2.14. The molecule has 2 aromatic rings. The second-order valence-corrected chi connectivity index (χ2v) is 5.00. The summed E-state index contributed by atoms with van der Waals surface area (Å²) in [6.07, 6.45) is 0. The van der Waals surface area contributed by atoms with E-state index in [0.29, 0.717) is 5.69 Å². The second kappa shape index (κ2) is 6.73. The highest BCUT2D eigenvalue weighted by molar-refractivity contribution is 7.09. The van der Waals surface area contributed by atoms with E-state index in [1.54, 1.807) is 12.5 Å². The van der Waals surface area contributed by atoms with Crippen molar-refractivity contribution in [3.05, 3.63) is 45.9 Å². The number of amides is 1. The minimum atomic E-state index is -0.205. The van der Waals surface area contributed by atoms with Crippen LogP contribution >= 0.6 is 11.3 Å². The van der Waals surface area contributed by atoms with Crippen molar-refractivity contribution in [3.8, 4) is 17.6 Å². The first-order chi connectivity index (χ1) is 9.70.